The Hall–Kier alpha value is -0.580. The summed E-state index contributed by atoms with van der Waals surface area (Å²) < 4.78 is 7.57. The molecule has 94 valence electrons. The van der Waals surface area contributed by atoms with Gasteiger partial charge in [0.15, 0.2) is 0 Å². The lowest BCUT2D eigenvalue weighted by atomic mass is 10.2. The van der Waals surface area contributed by atoms with Crippen molar-refractivity contribution in [3.8, 4) is 5.75 Å². The van der Waals surface area contributed by atoms with E-state index >= 15 is 0 Å². The van der Waals surface area contributed by atoms with Crippen LogP contribution in [0.15, 0.2) is 45.6 Å². The van der Waals surface area contributed by atoms with Crippen molar-refractivity contribution in [1.29, 1.82) is 0 Å². The Labute approximate surface area is 128 Å². The molecule has 0 spiro atoms. The van der Waals surface area contributed by atoms with Crippen LogP contribution in [0.5, 0.6) is 5.75 Å². The molecule has 0 amide bonds. The predicted octanol–water partition coefficient (Wildman–Crippen LogP) is 4.92. The smallest absolute Gasteiger partial charge is 0.148 e. The Balaban J connectivity index is 2.15. The van der Waals surface area contributed by atoms with E-state index in [-0.39, 0.29) is 0 Å². The summed E-state index contributed by atoms with van der Waals surface area (Å²) in [6.45, 7) is 0.500. The Morgan fingerprint density at radius 2 is 1.67 bits per heavy atom. The van der Waals surface area contributed by atoms with E-state index in [1.807, 2.05) is 24.3 Å². The van der Waals surface area contributed by atoms with Crippen LogP contribution in [-0.2, 0) is 12.5 Å². The number of hydrogen-bond donors (Lipinski definition) is 0. The summed E-state index contributed by atoms with van der Waals surface area (Å²) in [7, 11) is 0. The van der Waals surface area contributed by atoms with Crippen LogP contribution in [-0.4, -0.2) is 4.98 Å². The Morgan fingerprint density at radius 3 is 2.22 bits per heavy atom. The van der Waals surface area contributed by atoms with Gasteiger partial charge in [-0.15, -0.1) is 11.6 Å². The van der Waals surface area contributed by atoms with Gasteiger partial charge in [-0.05, 0) is 67.3 Å². The van der Waals surface area contributed by atoms with Crippen molar-refractivity contribution in [1.82, 2.24) is 4.98 Å². The molecule has 2 aromatic rings. The van der Waals surface area contributed by atoms with Gasteiger partial charge in [0.05, 0.1) is 8.95 Å². The minimum atomic E-state index is 0.474. The molecule has 0 N–H and O–H groups in total. The van der Waals surface area contributed by atoms with E-state index in [2.05, 4.69) is 36.8 Å². The second kappa shape index (κ2) is 6.55. The van der Waals surface area contributed by atoms with Gasteiger partial charge in [-0.25, -0.2) is 0 Å². The van der Waals surface area contributed by atoms with E-state index in [9.17, 15) is 0 Å². The van der Waals surface area contributed by atoms with Crippen molar-refractivity contribution >= 4 is 43.5 Å². The van der Waals surface area contributed by atoms with E-state index in [0.29, 0.717) is 12.5 Å². The highest BCUT2D eigenvalue weighted by molar-refractivity contribution is 9.11. The van der Waals surface area contributed by atoms with E-state index in [1.54, 1.807) is 12.4 Å². The molecule has 2 nitrogen and oxygen atoms in total. The molecule has 0 unspecified atom stereocenters. The maximum Gasteiger partial charge on any atom is 0.148 e. The molecule has 0 saturated carbocycles. The van der Waals surface area contributed by atoms with Gasteiger partial charge in [0.1, 0.15) is 12.4 Å². The second-order valence-electron chi connectivity index (χ2n) is 3.67. The highest BCUT2D eigenvalue weighted by Crippen LogP contribution is 2.35. The quantitative estimate of drug-likeness (QED) is 0.690. The van der Waals surface area contributed by atoms with Crippen LogP contribution in [0.1, 0.15) is 11.1 Å². The molecule has 1 aromatic carbocycles. The molecule has 0 saturated heterocycles. The lowest BCUT2D eigenvalue weighted by Crippen LogP contribution is -1.97. The molecular weight excluding hydrogens is 381 g/mol. The summed E-state index contributed by atoms with van der Waals surface area (Å²) in [5.74, 6) is 1.25. The fourth-order valence-corrected chi connectivity index (χ4v) is 3.13. The van der Waals surface area contributed by atoms with Crippen LogP contribution in [0.2, 0.25) is 0 Å². The summed E-state index contributed by atoms with van der Waals surface area (Å²) >= 11 is 12.8. The summed E-state index contributed by atoms with van der Waals surface area (Å²) in [6.07, 6.45) is 3.50. The summed E-state index contributed by atoms with van der Waals surface area (Å²) in [5, 5.41) is 0. The fourth-order valence-electron chi connectivity index (χ4n) is 1.46. The average Bonchev–Trinajstić information content (AvgIpc) is 2.38. The highest BCUT2D eigenvalue weighted by atomic mass is 79.9. The van der Waals surface area contributed by atoms with Gasteiger partial charge in [0, 0.05) is 18.3 Å². The van der Waals surface area contributed by atoms with Crippen molar-refractivity contribution in [2.45, 2.75) is 12.5 Å². The topological polar surface area (TPSA) is 22.1 Å². The Bertz CT molecular complexity index is 511. The number of hydrogen-bond acceptors (Lipinski definition) is 2. The Kier molecular flexibility index (Phi) is 5.03. The van der Waals surface area contributed by atoms with Gasteiger partial charge in [0.2, 0.25) is 0 Å². The molecule has 0 bridgehead atoms. The minimum Gasteiger partial charge on any atom is -0.487 e. The number of nitrogens with zero attached hydrogens (tertiary/aromatic N) is 1. The van der Waals surface area contributed by atoms with Crippen molar-refractivity contribution in [3.05, 3.63) is 56.7 Å². The maximum absolute atomic E-state index is 5.81. The maximum atomic E-state index is 5.81. The molecular formula is C13H10Br2ClNO. The standard InChI is InChI=1S/C13H10Br2ClNO/c14-11-5-10(7-16)6-12(15)13(11)18-8-9-1-3-17-4-2-9/h1-6H,7-8H2. The first kappa shape index (κ1) is 13.8. The third-order valence-electron chi connectivity index (χ3n) is 2.34. The molecule has 0 aliphatic rings. The van der Waals surface area contributed by atoms with Crippen LogP contribution in [0.25, 0.3) is 0 Å². The summed E-state index contributed by atoms with van der Waals surface area (Å²) in [4.78, 5) is 3.97. The van der Waals surface area contributed by atoms with Crippen LogP contribution >= 0.6 is 43.5 Å². The average molecular weight is 391 g/mol. The monoisotopic (exact) mass is 389 g/mol. The number of halogens is 3. The molecule has 5 heteroatoms. The number of ether oxygens (including phenoxy) is 1. The predicted molar refractivity (Wildman–Crippen MR) is 80.0 cm³/mol. The number of aromatic nitrogens is 1. The van der Waals surface area contributed by atoms with Crippen LogP contribution in [0, 0.1) is 0 Å². The van der Waals surface area contributed by atoms with E-state index < -0.39 is 0 Å². The summed E-state index contributed by atoms with van der Waals surface area (Å²) in [5.41, 5.74) is 2.11. The van der Waals surface area contributed by atoms with Crippen LogP contribution in [0.4, 0.5) is 0 Å². The van der Waals surface area contributed by atoms with Gasteiger partial charge in [-0.1, -0.05) is 0 Å². The fraction of sp³-hybridized carbons (Fsp3) is 0.154. The van der Waals surface area contributed by atoms with Crippen molar-refractivity contribution in [2.75, 3.05) is 0 Å². The molecule has 0 fully saturated rings. The normalized spacial score (nSPS) is 10.4. The number of alkyl halides is 1. The lowest BCUT2D eigenvalue weighted by Gasteiger charge is -2.11. The first-order valence-corrected chi connectivity index (χ1v) is 7.38. The van der Waals surface area contributed by atoms with Gasteiger partial charge < -0.3 is 4.74 Å². The lowest BCUT2D eigenvalue weighted by molar-refractivity contribution is 0.302. The van der Waals surface area contributed by atoms with Gasteiger partial charge in [-0.3, -0.25) is 4.98 Å². The highest BCUT2D eigenvalue weighted by Gasteiger charge is 2.09. The van der Waals surface area contributed by atoms with E-state index in [1.165, 1.54) is 0 Å². The molecule has 1 aromatic heterocycles. The zero-order valence-electron chi connectivity index (χ0n) is 9.37. The number of pyridine rings is 1. The minimum absolute atomic E-state index is 0.474. The third kappa shape index (κ3) is 3.46. The molecule has 0 aliphatic carbocycles. The van der Waals surface area contributed by atoms with Crippen LogP contribution < -0.4 is 4.74 Å². The SMILES string of the molecule is ClCc1cc(Br)c(OCc2ccncc2)c(Br)c1. The molecule has 18 heavy (non-hydrogen) atoms. The largest absolute Gasteiger partial charge is 0.487 e. The van der Waals surface area contributed by atoms with Gasteiger partial charge >= 0.3 is 0 Å². The van der Waals surface area contributed by atoms with Crippen molar-refractivity contribution in [2.24, 2.45) is 0 Å². The van der Waals surface area contributed by atoms with E-state index in [4.69, 9.17) is 16.3 Å². The first-order chi connectivity index (χ1) is 8.70. The van der Waals surface area contributed by atoms with Crippen LogP contribution in [0.3, 0.4) is 0 Å². The molecule has 0 atom stereocenters. The third-order valence-corrected chi connectivity index (χ3v) is 3.83. The molecule has 0 aliphatic heterocycles. The number of rotatable bonds is 4. The number of benzene rings is 1. The molecule has 1 heterocycles. The molecule has 2 rings (SSSR count). The van der Waals surface area contributed by atoms with Gasteiger partial charge in [0.25, 0.3) is 0 Å². The van der Waals surface area contributed by atoms with Crippen molar-refractivity contribution in [3.63, 3.8) is 0 Å². The zero-order valence-corrected chi connectivity index (χ0v) is 13.3. The van der Waals surface area contributed by atoms with Crippen molar-refractivity contribution < 1.29 is 4.74 Å². The van der Waals surface area contributed by atoms with E-state index in [0.717, 1.165) is 25.8 Å². The molecule has 0 radical (unpaired) electrons. The Morgan fingerprint density at radius 1 is 1.06 bits per heavy atom. The first-order valence-electron chi connectivity index (χ1n) is 5.26. The van der Waals surface area contributed by atoms with Gasteiger partial charge in [-0.2, -0.15) is 0 Å². The second-order valence-corrected chi connectivity index (χ2v) is 5.64. The zero-order chi connectivity index (χ0) is 13.0. The summed E-state index contributed by atoms with van der Waals surface area (Å²) in [6, 6.07) is 7.77.